The molecule has 0 unspecified atom stereocenters. The molecule has 4 nitrogen and oxygen atoms in total. The summed E-state index contributed by atoms with van der Waals surface area (Å²) >= 11 is 8.94. The lowest BCUT2D eigenvalue weighted by molar-refractivity contribution is -0.113. The highest BCUT2D eigenvalue weighted by atomic mass is 35.5. The Balaban J connectivity index is 1.63. The lowest BCUT2D eigenvalue weighted by Gasteiger charge is -2.05. The number of benzene rings is 2. The lowest BCUT2D eigenvalue weighted by Crippen LogP contribution is -2.14. The van der Waals surface area contributed by atoms with Crippen LogP contribution >= 0.6 is 34.7 Å². The van der Waals surface area contributed by atoms with Crippen molar-refractivity contribution in [1.82, 2.24) is 4.98 Å². The molecule has 22 heavy (non-hydrogen) atoms. The van der Waals surface area contributed by atoms with Crippen molar-refractivity contribution in [2.45, 2.75) is 4.34 Å². The van der Waals surface area contributed by atoms with Gasteiger partial charge in [0.1, 0.15) is 0 Å². The van der Waals surface area contributed by atoms with Gasteiger partial charge in [-0.25, -0.2) is 4.98 Å². The molecule has 1 aromatic heterocycles. The van der Waals surface area contributed by atoms with Crippen LogP contribution in [0.15, 0.2) is 46.8 Å². The van der Waals surface area contributed by atoms with E-state index in [-0.39, 0.29) is 11.7 Å². The molecule has 0 aliphatic rings. The molecule has 0 radical (unpaired) electrons. The summed E-state index contributed by atoms with van der Waals surface area (Å²) in [6, 6.07) is 12.7. The molecule has 0 aliphatic heterocycles. The third-order valence-electron chi connectivity index (χ3n) is 2.87. The number of fused-ring (bicyclic) bond motifs is 1. The topological polar surface area (TPSA) is 68.0 Å². The molecule has 0 saturated heterocycles. The minimum absolute atomic E-state index is 0.114. The van der Waals surface area contributed by atoms with Crippen LogP contribution < -0.4 is 11.1 Å². The molecule has 112 valence electrons. The van der Waals surface area contributed by atoms with Gasteiger partial charge in [-0.1, -0.05) is 35.5 Å². The van der Waals surface area contributed by atoms with Gasteiger partial charge in [-0.05, 0) is 30.3 Å². The molecule has 3 N–H and O–H groups in total. The fraction of sp³-hybridized carbons (Fsp3) is 0.0667. The number of thiazole rings is 1. The number of aromatic nitrogens is 1. The number of nitrogens with one attached hydrogen (secondary N) is 1. The summed E-state index contributed by atoms with van der Waals surface area (Å²) in [5.41, 5.74) is 7.98. The molecular formula is C15H12ClN3OS2. The maximum absolute atomic E-state index is 12.0. The minimum atomic E-state index is -0.114. The van der Waals surface area contributed by atoms with Crippen LogP contribution in [0.2, 0.25) is 5.02 Å². The molecular weight excluding hydrogens is 338 g/mol. The number of carbonyl (C=O) groups excluding carboxylic acids is 1. The number of rotatable bonds is 4. The number of halogens is 1. The zero-order valence-electron chi connectivity index (χ0n) is 11.4. The molecule has 0 spiro atoms. The van der Waals surface area contributed by atoms with Gasteiger partial charge in [-0.15, -0.1) is 11.3 Å². The minimum Gasteiger partial charge on any atom is -0.399 e. The van der Waals surface area contributed by atoms with E-state index in [2.05, 4.69) is 10.3 Å². The summed E-state index contributed by atoms with van der Waals surface area (Å²) < 4.78 is 1.86. The molecule has 3 aromatic rings. The molecule has 0 aliphatic carbocycles. The third kappa shape index (κ3) is 3.52. The second-order valence-electron chi connectivity index (χ2n) is 4.52. The average molecular weight is 350 g/mol. The van der Waals surface area contributed by atoms with Crippen molar-refractivity contribution in [1.29, 1.82) is 0 Å². The summed E-state index contributed by atoms with van der Waals surface area (Å²) in [4.78, 5) is 16.4. The second-order valence-corrected chi connectivity index (χ2v) is 7.18. The number of nitrogens with zero attached hydrogens (tertiary/aromatic N) is 1. The first-order chi connectivity index (χ1) is 10.6. The van der Waals surface area contributed by atoms with E-state index in [0.717, 1.165) is 14.6 Å². The van der Waals surface area contributed by atoms with Crippen LogP contribution in [0.25, 0.3) is 10.2 Å². The van der Waals surface area contributed by atoms with Gasteiger partial charge in [-0.3, -0.25) is 4.79 Å². The molecule has 0 fully saturated rings. The van der Waals surface area contributed by atoms with Crippen LogP contribution in [0, 0.1) is 0 Å². The fourth-order valence-electron chi connectivity index (χ4n) is 1.86. The Hall–Kier alpha value is -1.76. The molecule has 7 heteroatoms. The van der Waals surface area contributed by atoms with Crippen molar-refractivity contribution < 1.29 is 4.79 Å². The number of thioether (sulfide) groups is 1. The zero-order valence-corrected chi connectivity index (χ0v) is 13.8. The Morgan fingerprint density at radius 2 is 2.14 bits per heavy atom. The Bertz CT molecular complexity index is 835. The van der Waals surface area contributed by atoms with E-state index in [9.17, 15) is 4.79 Å². The van der Waals surface area contributed by atoms with Crippen LogP contribution in [-0.4, -0.2) is 16.6 Å². The van der Waals surface area contributed by atoms with Crippen LogP contribution in [0.3, 0.4) is 0 Å². The van der Waals surface area contributed by atoms with Gasteiger partial charge in [0.05, 0.1) is 26.7 Å². The fourth-order valence-corrected chi connectivity index (χ4v) is 3.96. The van der Waals surface area contributed by atoms with Crippen LogP contribution in [0.5, 0.6) is 0 Å². The van der Waals surface area contributed by atoms with Crippen molar-refractivity contribution in [3.05, 3.63) is 47.5 Å². The number of anilines is 2. The first-order valence-electron chi connectivity index (χ1n) is 6.45. The number of hydrogen-bond acceptors (Lipinski definition) is 5. The van der Waals surface area contributed by atoms with Gasteiger partial charge in [0, 0.05) is 5.69 Å². The number of hydrogen-bond donors (Lipinski definition) is 2. The number of amides is 1. The van der Waals surface area contributed by atoms with Crippen LogP contribution in [-0.2, 0) is 4.79 Å². The largest absolute Gasteiger partial charge is 0.399 e. The van der Waals surface area contributed by atoms with Gasteiger partial charge in [-0.2, -0.15) is 0 Å². The molecule has 0 saturated carbocycles. The first-order valence-corrected chi connectivity index (χ1v) is 8.63. The molecule has 1 heterocycles. The number of carbonyl (C=O) groups is 1. The first kappa shape index (κ1) is 15.1. The van der Waals surface area contributed by atoms with Crippen molar-refractivity contribution in [3.63, 3.8) is 0 Å². The standard InChI is InChI=1S/C15H12ClN3OS2/c16-10-3-1-2-4-11(10)18-14(20)8-21-15-19-12-6-5-9(17)7-13(12)22-15/h1-7H,8,17H2,(H,18,20). The van der Waals surface area contributed by atoms with Crippen molar-refractivity contribution in [3.8, 4) is 0 Å². The van der Waals surface area contributed by atoms with Crippen molar-refractivity contribution in [2.75, 3.05) is 16.8 Å². The Labute approximate surface area is 140 Å². The lowest BCUT2D eigenvalue weighted by atomic mass is 10.3. The van der Waals surface area contributed by atoms with Crippen LogP contribution in [0.1, 0.15) is 0 Å². The molecule has 1 amide bonds. The highest BCUT2D eigenvalue weighted by Crippen LogP contribution is 2.30. The predicted molar refractivity (Wildman–Crippen MR) is 94.8 cm³/mol. The summed E-state index contributed by atoms with van der Waals surface area (Å²) in [6.45, 7) is 0. The van der Waals surface area contributed by atoms with E-state index in [0.29, 0.717) is 16.4 Å². The van der Waals surface area contributed by atoms with Crippen molar-refractivity contribution >= 4 is 62.2 Å². The summed E-state index contributed by atoms with van der Waals surface area (Å²) in [5.74, 6) is 0.164. The van der Waals surface area contributed by atoms with E-state index >= 15 is 0 Å². The van der Waals surface area contributed by atoms with Gasteiger partial charge in [0.15, 0.2) is 4.34 Å². The van der Waals surface area contributed by atoms with Crippen molar-refractivity contribution in [2.24, 2.45) is 0 Å². The number of para-hydroxylation sites is 1. The van der Waals surface area contributed by atoms with Gasteiger partial charge in [0.2, 0.25) is 5.91 Å². The van der Waals surface area contributed by atoms with E-state index in [1.54, 1.807) is 12.1 Å². The molecule has 2 aromatic carbocycles. The predicted octanol–water partition coefficient (Wildman–Crippen LogP) is 4.26. The monoisotopic (exact) mass is 349 g/mol. The van der Waals surface area contributed by atoms with E-state index in [1.807, 2.05) is 30.3 Å². The van der Waals surface area contributed by atoms with E-state index in [1.165, 1.54) is 23.1 Å². The van der Waals surface area contributed by atoms with E-state index < -0.39 is 0 Å². The Kier molecular flexibility index (Phi) is 4.52. The highest BCUT2D eigenvalue weighted by molar-refractivity contribution is 8.01. The molecule has 3 rings (SSSR count). The quantitative estimate of drug-likeness (QED) is 0.545. The summed E-state index contributed by atoms with van der Waals surface area (Å²) in [6.07, 6.45) is 0. The van der Waals surface area contributed by atoms with Crippen LogP contribution in [0.4, 0.5) is 11.4 Å². The average Bonchev–Trinajstić information content (AvgIpc) is 2.89. The maximum Gasteiger partial charge on any atom is 0.234 e. The number of nitrogen functional groups attached to an aromatic ring is 1. The Morgan fingerprint density at radius 3 is 2.95 bits per heavy atom. The normalized spacial score (nSPS) is 10.8. The highest BCUT2D eigenvalue weighted by Gasteiger charge is 2.09. The smallest absolute Gasteiger partial charge is 0.234 e. The second kappa shape index (κ2) is 6.56. The number of nitrogens with two attached hydrogens (primary N) is 1. The SMILES string of the molecule is Nc1ccc2nc(SCC(=O)Nc3ccccc3Cl)sc2c1. The molecule has 0 bridgehead atoms. The maximum atomic E-state index is 12.0. The van der Waals surface area contributed by atoms with Gasteiger partial charge < -0.3 is 11.1 Å². The van der Waals surface area contributed by atoms with Gasteiger partial charge in [0.25, 0.3) is 0 Å². The zero-order chi connectivity index (χ0) is 15.5. The summed E-state index contributed by atoms with van der Waals surface area (Å²) in [5, 5.41) is 3.31. The molecule has 0 atom stereocenters. The summed E-state index contributed by atoms with van der Waals surface area (Å²) in [7, 11) is 0. The Morgan fingerprint density at radius 1 is 1.32 bits per heavy atom. The van der Waals surface area contributed by atoms with Gasteiger partial charge >= 0.3 is 0 Å². The third-order valence-corrected chi connectivity index (χ3v) is 5.36. The van der Waals surface area contributed by atoms with E-state index in [4.69, 9.17) is 17.3 Å².